The fourth-order valence-electron chi connectivity index (χ4n) is 2.01. The Bertz CT molecular complexity index is 188. The number of rotatable bonds is 1. The summed E-state index contributed by atoms with van der Waals surface area (Å²) in [6.45, 7) is 7.52. The Morgan fingerprint density at radius 3 is 2.43 bits per heavy atom. The third-order valence-corrected chi connectivity index (χ3v) is 2.89. The molecule has 3 heteroatoms. The van der Waals surface area contributed by atoms with Gasteiger partial charge in [0.15, 0.2) is 0 Å². The van der Waals surface area contributed by atoms with Crippen LogP contribution in [0.2, 0.25) is 0 Å². The predicted molar refractivity (Wildman–Crippen MR) is 53.9 cm³/mol. The van der Waals surface area contributed by atoms with Crippen molar-refractivity contribution in [2.75, 3.05) is 6.67 Å². The van der Waals surface area contributed by atoms with Gasteiger partial charge in [0, 0.05) is 0 Å². The van der Waals surface area contributed by atoms with E-state index >= 15 is 0 Å². The summed E-state index contributed by atoms with van der Waals surface area (Å²) in [6, 6.07) is 0. The zero-order valence-corrected chi connectivity index (χ0v) is 9.46. The first-order chi connectivity index (χ1) is 6.36. The summed E-state index contributed by atoms with van der Waals surface area (Å²) < 4.78 is 18.1. The van der Waals surface area contributed by atoms with Crippen LogP contribution in [0.3, 0.4) is 0 Å². The molecule has 0 saturated carbocycles. The van der Waals surface area contributed by atoms with Gasteiger partial charge < -0.3 is 9.84 Å². The van der Waals surface area contributed by atoms with Crippen LogP contribution in [0.25, 0.3) is 0 Å². The Hall–Kier alpha value is -0.150. The average molecular weight is 204 g/mol. The molecule has 0 aromatic heterocycles. The normalized spacial score (nSPS) is 39.9. The highest BCUT2D eigenvalue weighted by molar-refractivity contribution is 4.89. The van der Waals surface area contributed by atoms with Gasteiger partial charge in [-0.05, 0) is 17.8 Å². The molecule has 1 aliphatic heterocycles. The van der Waals surface area contributed by atoms with Crippen molar-refractivity contribution in [3.63, 3.8) is 0 Å². The molecule has 1 heterocycles. The maximum absolute atomic E-state index is 12.5. The first-order valence-corrected chi connectivity index (χ1v) is 5.25. The minimum absolute atomic E-state index is 0.119. The summed E-state index contributed by atoms with van der Waals surface area (Å²) in [5, 5.41) is 9.94. The van der Waals surface area contributed by atoms with E-state index in [0.29, 0.717) is 6.42 Å². The Kier molecular flexibility index (Phi) is 3.53. The van der Waals surface area contributed by atoms with Crippen LogP contribution in [-0.4, -0.2) is 30.1 Å². The van der Waals surface area contributed by atoms with Crippen LogP contribution in [0.15, 0.2) is 0 Å². The van der Waals surface area contributed by atoms with E-state index in [1.807, 2.05) is 27.7 Å². The largest absolute Gasteiger partial charge is 0.390 e. The Morgan fingerprint density at radius 1 is 1.43 bits per heavy atom. The molecule has 1 N–H and O–H groups in total. The number of hydrogen-bond acceptors (Lipinski definition) is 2. The number of hydrogen-bond donors (Lipinski definition) is 1. The van der Waals surface area contributed by atoms with Crippen molar-refractivity contribution in [1.82, 2.24) is 0 Å². The van der Waals surface area contributed by atoms with Crippen LogP contribution < -0.4 is 0 Å². The van der Waals surface area contributed by atoms with Crippen LogP contribution in [0, 0.1) is 11.3 Å². The van der Waals surface area contributed by atoms with Crippen LogP contribution in [0.5, 0.6) is 0 Å². The van der Waals surface area contributed by atoms with Gasteiger partial charge in [0.2, 0.25) is 0 Å². The van der Waals surface area contributed by atoms with E-state index < -0.39 is 12.8 Å². The summed E-state index contributed by atoms with van der Waals surface area (Å²) in [5.74, 6) is 0.119. The van der Waals surface area contributed by atoms with Gasteiger partial charge in [-0.25, -0.2) is 4.39 Å². The molecule has 1 fully saturated rings. The van der Waals surface area contributed by atoms with E-state index in [4.69, 9.17) is 4.74 Å². The molecular formula is C11H21FO2. The van der Waals surface area contributed by atoms with Crippen LogP contribution >= 0.6 is 0 Å². The van der Waals surface area contributed by atoms with Gasteiger partial charge in [0.05, 0.1) is 18.3 Å². The summed E-state index contributed by atoms with van der Waals surface area (Å²) in [7, 11) is 0. The fourth-order valence-corrected chi connectivity index (χ4v) is 2.01. The molecule has 4 atom stereocenters. The molecule has 1 aliphatic rings. The summed E-state index contributed by atoms with van der Waals surface area (Å²) in [4.78, 5) is 0. The molecule has 0 aromatic carbocycles. The second-order valence-electron chi connectivity index (χ2n) is 5.40. The van der Waals surface area contributed by atoms with E-state index in [-0.39, 0.29) is 23.5 Å². The summed E-state index contributed by atoms with van der Waals surface area (Å²) >= 11 is 0. The highest BCUT2D eigenvalue weighted by atomic mass is 19.1. The molecule has 0 aromatic rings. The van der Waals surface area contributed by atoms with Crippen molar-refractivity contribution < 1.29 is 14.2 Å². The van der Waals surface area contributed by atoms with Crippen molar-refractivity contribution >= 4 is 0 Å². The van der Waals surface area contributed by atoms with Gasteiger partial charge in [-0.15, -0.1) is 0 Å². The first-order valence-electron chi connectivity index (χ1n) is 5.25. The van der Waals surface area contributed by atoms with Gasteiger partial charge in [-0.1, -0.05) is 27.7 Å². The zero-order valence-electron chi connectivity index (χ0n) is 9.46. The number of aliphatic hydroxyl groups excluding tert-OH is 1. The third-order valence-electron chi connectivity index (χ3n) is 2.89. The van der Waals surface area contributed by atoms with Gasteiger partial charge in [-0.3, -0.25) is 0 Å². The first kappa shape index (κ1) is 11.9. The summed E-state index contributed by atoms with van der Waals surface area (Å²) in [5.41, 5.74) is -0.137. The van der Waals surface area contributed by atoms with Crippen molar-refractivity contribution in [3.8, 4) is 0 Å². The standard InChI is InChI=1S/C11H21FO2/c1-7-5-8(6-12)14-10(9(7)13)11(2,3)4/h7-10,13H,5-6H2,1-4H3/t7-,8-,9+,10+/m0/s1. The minimum Gasteiger partial charge on any atom is -0.390 e. The predicted octanol–water partition coefficient (Wildman–Crippen LogP) is 2.16. The Balaban J connectivity index is 2.73. The zero-order chi connectivity index (χ0) is 10.9. The molecule has 14 heavy (non-hydrogen) atoms. The fraction of sp³-hybridized carbons (Fsp3) is 1.00. The lowest BCUT2D eigenvalue weighted by molar-refractivity contribution is -0.181. The van der Waals surface area contributed by atoms with E-state index in [1.165, 1.54) is 0 Å². The highest BCUT2D eigenvalue weighted by Gasteiger charge is 2.41. The van der Waals surface area contributed by atoms with Crippen molar-refractivity contribution in [2.45, 2.75) is 52.4 Å². The Morgan fingerprint density at radius 2 is 2.00 bits per heavy atom. The van der Waals surface area contributed by atoms with Crippen molar-refractivity contribution in [2.24, 2.45) is 11.3 Å². The lowest BCUT2D eigenvalue weighted by atomic mass is 9.78. The monoisotopic (exact) mass is 204 g/mol. The molecule has 0 unspecified atom stereocenters. The lowest BCUT2D eigenvalue weighted by Crippen LogP contribution is -2.50. The van der Waals surface area contributed by atoms with Crippen LogP contribution in [0.4, 0.5) is 4.39 Å². The number of halogens is 1. The topological polar surface area (TPSA) is 29.5 Å². The van der Waals surface area contributed by atoms with Crippen LogP contribution in [-0.2, 0) is 4.74 Å². The second-order valence-corrected chi connectivity index (χ2v) is 5.40. The Labute approximate surface area is 85.5 Å². The number of alkyl halides is 1. The van der Waals surface area contributed by atoms with E-state index in [0.717, 1.165) is 0 Å². The van der Waals surface area contributed by atoms with Gasteiger partial charge in [0.1, 0.15) is 6.67 Å². The molecule has 0 spiro atoms. The van der Waals surface area contributed by atoms with Gasteiger partial charge >= 0.3 is 0 Å². The van der Waals surface area contributed by atoms with Crippen molar-refractivity contribution in [3.05, 3.63) is 0 Å². The van der Waals surface area contributed by atoms with E-state index in [1.54, 1.807) is 0 Å². The molecule has 0 aliphatic carbocycles. The lowest BCUT2D eigenvalue weighted by Gasteiger charge is -2.43. The highest BCUT2D eigenvalue weighted by Crippen LogP contribution is 2.35. The second kappa shape index (κ2) is 4.15. The maximum Gasteiger partial charge on any atom is 0.116 e. The number of aliphatic hydroxyl groups is 1. The van der Waals surface area contributed by atoms with E-state index in [9.17, 15) is 9.50 Å². The van der Waals surface area contributed by atoms with E-state index in [2.05, 4.69) is 0 Å². The molecule has 0 bridgehead atoms. The van der Waals surface area contributed by atoms with Crippen LogP contribution in [0.1, 0.15) is 34.1 Å². The SMILES string of the molecule is C[C@H]1C[C@@H](CF)O[C@@H](C(C)(C)C)[C@@H]1O. The third kappa shape index (κ3) is 2.45. The molecule has 1 rings (SSSR count). The summed E-state index contributed by atoms with van der Waals surface area (Å²) in [6.07, 6.45) is -0.452. The molecule has 84 valence electrons. The maximum atomic E-state index is 12.5. The van der Waals surface area contributed by atoms with Gasteiger partial charge in [-0.2, -0.15) is 0 Å². The molecule has 2 nitrogen and oxygen atoms in total. The van der Waals surface area contributed by atoms with Gasteiger partial charge in [0.25, 0.3) is 0 Å². The number of ether oxygens (including phenoxy) is 1. The molecule has 0 radical (unpaired) electrons. The smallest absolute Gasteiger partial charge is 0.116 e. The molecule has 1 saturated heterocycles. The van der Waals surface area contributed by atoms with Crippen molar-refractivity contribution in [1.29, 1.82) is 0 Å². The molecular weight excluding hydrogens is 183 g/mol. The average Bonchev–Trinajstić information content (AvgIpc) is 2.07. The molecule has 0 amide bonds. The quantitative estimate of drug-likeness (QED) is 0.709. The minimum atomic E-state index is -0.474.